The van der Waals surface area contributed by atoms with Crippen LogP contribution in [0.5, 0.6) is 0 Å². The fourth-order valence-corrected chi connectivity index (χ4v) is 2.89. The molecule has 1 aliphatic rings. The van der Waals surface area contributed by atoms with Gasteiger partial charge >= 0.3 is 0 Å². The number of likely N-dealkylation sites (tertiary alicyclic amines) is 1. The number of nitrogens with zero attached hydrogens (tertiary/aromatic N) is 2. The van der Waals surface area contributed by atoms with Crippen LogP contribution in [0.2, 0.25) is 0 Å². The molecule has 0 aromatic heterocycles. The van der Waals surface area contributed by atoms with E-state index in [0.717, 1.165) is 24.1 Å². The highest BCUT2D eigenvalue weighted by Gasteiger charge is 2.35. The number of para-hydroxylation sites is 1. The normalized spacial score (nSPS) is 18.1. The Morgan fingerprint density at radius 3 is 2.65 bits per heavy atom. The summed E-state index contributed by atoms with van der Waals surface area (Å²) in [5, 5.41) is 0. The Bertz CT molecular complexity index is 513. The van der Waals surface area contributed by atoms with E-state index in [2.05, 4.69) is 0 Å². The van der Waals surface area contributed by atoms with Gasteiger partial charge in [-0.05, 0) is 38.3 Å². The van der Waals surface area contributed by atoms with Gasteiger partial charge in [-0.1, -0.05) is 18.2 Å². The van der Waals surface area contributed by atoms with Crippen LogP contribution < -0.4 is 4.90 Å². The van der Waals surface area contributed by atoms with Gasteiger partial charge in [0.1, 0.15) is 6.04 Å². The summed E-state index contributed by atoms with van der Waals surface area (Å²) in [7, 11) is 0. The standard InChI is InChI=1S/C16H22N2O2/c1-4-17(14-9-6-5-8-12(14)2)16(20)15-10-7-11-18(15)13(3)19/h5-6,8-9,15H,4,7,10-11H2,1-3H3. The third-order valence-electron chi connectivity index (χ3n) is 3.93. The molecule has 4 heteroatoms. The smallest absolute Gasteiger partial charge is 0.249 e. The molecule has 0 spiro atoms. The molecule has 1 aromatic carbocycles. The first-order valence-corrected chi connectivity index (χ1v) is 7.20. The lowest BCUT2D eigenvalue weighted by Gasteiger charge is -2.30. The Balaban J connectivity index is 2.26. The minimum Gasteiger partial charge on any atom is -0.331 e. The first-order chi connectivity index (χ1) is 9.56. The number of anilines is 1. The average molecular weight is 274 g/mol. The van der Waals surface area contributed by atoms with Gasteiger partial charge in [0.15, 0.2) is 0 Å². The second-order valence-electron chi connectivity index (χ2n) is 5.24. The number of hydrogen-bond acceptors (Lipinski definition) is 2. The van der Waals surface area contributed by atoms with Crippen molar-refractivity contribution in [3.8, 4) is 0 Å². The molecule has 2 amide bonds. The summed E-state index contributed by atoms with van der Waals surface area (Å²) < 4.78 is 0. The Hall–Kier alpha value is -1.84. The van der Waals surface area contributed by atoms with E-state index >= 15 is 0 Å². The van der Waals surface area contributed by atoms with Crippen molar-refractivity contribution in [1.82, 2.24) is 4.90 Å². The highest BCUT2D eigenvalue weighted by molar-refractivity contribution is 5.99. The predicted molar refractivity (Wildman–Crippen MR) is 79.6 cm³/mol. The maximum absolute atomic E-state index is 12.8. The Morgan fingerprint density at radius 2 is 2.05 bits per heavy atom. The summed E-state index contributed by atoms with van der Waals surface area (Å²) in [5.41, 5.74) is 2.02. The fraction of sp³-hybridized carbons (Fsp3) is 0.500. The molecule has 1 heterocycles. The molecule has 1 atom stereocenters. The van der Waals surface area contributed by atoms with Crippen LogP contribution in [0, 0.1) is 6.92 Å². The topological polar surface area (TPSA) is 40.6 Å². The number of amides is 2. The van der Waals surface area contributed by atoms with Crippen LogP contribution in [-0.2, 0) is 9.59 Å². The van der Waals surface area contributed by atoms with E-state index in [9.17, 15) is 9.59 Å². The molecule has 0 bridgehead atoms. The van der Waals surface area contributed by atoms with Crippen molar-refractivity contribution in [1.29, 1.82) is 0 Å². The number of hydrogen-bond donors (Lipinski definition) is 0. The first-order valence-electron chi connectivity index (χ1n) is 7.20. The number of likely N-dealkylation sites (N-methyl/N-ethyl adjacent to an activating group) is 1. The molecule has 108 valence electrons. The van der Waals surface area contributed by atoms with E-state index in [1.807, 2.05) is 38.1 Å². The molecule has 4 nitrogen and oxygen atoms in total. The van der Waals surface area contributed by atoms with Crippen LogP contribution in [0.15, 0.2) is 24.3 Å². The molecule has 20 heavy (non-hydrogen) atoms. The number of carbonyl (C=O) groups excluding carboxylic acids is 2. The van der Waals surface area contributed by atoms with Crippen LogP contribution in [0.3, 0.4) is 0 Å². The summed E-state index contributed by atoms with van der Waals surface area (Å²) in [6.07, 6.45) is 1.67. The van der Waals surface area contributed by atoms with E-state index in [-0.39, 0.29) is 17.9 Å². The van der Waals surface area contributed by atoms with Crippen molar-refractivity contribution < 1.29 is 9.59 Å². The molecule has 1 aromatic rings. The molecular formula is C16H22N2O2. The van der Waals surface area contributed by atoms with Gasteiger partial charge in [-0.25, -0.2) is 0 Å². The third-order valence-corrected chi connectivity index (χ3v) is 3.93. The van der Waals surface area contributed by atoms with Crippen molar-refractivity contribution in [2.24, 2.45) is 0 Å². The summed E-state index contributed by atoms with van der Waals surface area (Å²) in [6, 6.07) is 7.57. The molecule has 1 unspecified atom stereocenters. The van der Waals surface area contributed by atoms with Gasteiger partial charge in [0, 0.05) is 25.7 Å². The number of rotatable bonds is 3. The number of aryl methyl sites for hydroxylation is 1. The minimum atomic E-state index is -0.299. The average Bonchev–Trinajstić information content (AvgIpc) is 2.91. The van der Waals surface area contributed by atoms with Gasteiger partial charge in [-0.2, -0.15) is 0 Å². The Labute approximate surface area is 120 Å². The highest BCUT2D eigenvalue weighted by atomic mass is 16.2. The zero-order valence-electron chi connectivity index (χ0n) is 12.4. The molecule has 1 saturated heterocycles. The molecule has 1 fully saturated rings. The van der Waals surface area contributed by atoms with E-state index in [1.165, 1.54) is 6.92 Å². The molecule has 2 rings (SSSR count). The van der Waals surface area contributed by atoms with Crippen LogP contribution >= 0.6 is 0 Å². The molecule has 0 N–H and O–H groups in total. The van der Waals surface area contributed by atoms with Crippen LogP contribution in [0.4, 0.5) is 5.69 Å². The molecule has 0 aliphatic carbocycles. The van der Waals surface area contributed by atoms with E-state index < -0.39 is 0 Å². The molecule has 0 radical (unpaired) electrons. The van der Waals surface area contributed by atoms with Crippen molar-refractivity contribution >= 4 is 17.5 Å². The monoisotopic (exact) mass is 274 g/mol. The lowest BCUT2D eigenvalue weighted by Crippen LogP contribution is -2.47. The maximum Gasteiger partial charge on any atom is 0.249 e. The fourth-order valence-electron chi connectivity index (χ4n) is 2.89. The van der Waals surface area contributed by atoms with Gasteiger partial charge in [0.2, 0.25) is 11.8 Å². The second kappa shape index (κ2) is 6.07. The second-order valence-corrected chi connectivity index (χ2v) is 5.24. The third kappa shape index (κ3) is 2.69. The van der Waals surface area contributed by atoms with Crippen LogP contribution in [-0.4, -0.2) is 35.8 Å². The largest absolute Gasteiger partial charge is 0.331 e. The van der Waals surface area contributed by atoms with Gasteiger partial charge in [-0.15, -0.1) is 0 Å². The van der Waals surface area contributed by atoms with Crippen molar-refractivity contribution in [2.45, 2.75) is 39.7 Å². The lowest BCUT2D eigenvalue weighted by atomic mass is 10.1. The molecule has 1 aliphatic heterocycles. The molecule has 0 saturated carbocycles. The van der Waals surface area contributed by atoms with Gasteiger partial charge < -0.3 is 9.80 Å². The predicted octanol–water partition coefficient (Wildman–Crippen LogP) is 2.36. The van der Waals surface area contributed by atoms with Gasteiger partial charge in [0.05, 0.1) is 0 Å². The Kier molecular flexibility index (Phi) is 4.42. The van der Waals surface area contributed by atoms with Crippen molar-refractivity contribution in [3.63, 3.8) is 0 Å². The van der Waals surface area contributed by atoms with E-state index in [1.54, 1.807) is 9.80 Å². The Morgan fingerprint density at radius 1 is 1.35 bits per heavy atom. The summed E-state index contributed by atoms with van der Waals surface area (Å²) in [5.74, 6) is 0.0242. The van der Waals surface area contributed by atoms with Crippen molar-refractivity contribution in [2.75, 3.05) is 18.0 Å². The number of benzene rings is 1. The first kappa shape index (κ1) is 14.6. The summed E-state index contributed by atoms with van der Waals surface area (Å²) in [6.45, 7) is 6.82. The summed E-state index contributed by atoms with van der Waals surface area (Å²) >= 11 is 0. The SMILES string of the molecule is CCN(C(=O)C1CCCN1C(C)=O)c1ccccc1C. The zero-order valence-corrected chi connectivity index (χ0v) is 12.4. The van der Waals surface area contributed by atoms with E-state index in [4.69, 9.17) is 0 Å². The van der Waals surface area contributed by atoms with Gasteiger partial charge in [0.25, 0.3) is 0 Å². The van der Waals surface area contributed by atoms with Crippen LogP contribution in [0.1, 0.15) is 32.3 Å². The minimum absolute atomic E-state index is 0.0123. The quantitative estimate of drug-likeness (QED) is 0.849. The highest BCUT2D eigenvalue weighted by Crippen LogP contribution is 2.25. The zero-order chi connectivity index (χ0) is 14.7. The van der Waals surface area contributed by atoms with Crippen LogP contribution in [0.25, 0.3) is 0 Å². The van der Waals surface area contributed by atoms with Crippen molar-refractivity contribution in [3.05, 3.63) is 29.8 Å². The lowest BCUT2D eigenvalue weighted by molar-refractivity contribution is -0.135. The van der Waals surface area contributed by atoms with Gasteiger partial charge in [-0.3, -0.25) is 9.59 Å². The van der Waals surface area contributed by atoms with E-state index in [0.29, 0.717) is 13.1 Å². The number of carbonyl (C=O) groups is 2. The maximum atomic E-state index is 12.8. The molecular weight excluding hydrogens is 252 g/mol. The summed E-state index contributed by atoms with van der Waals surface area (Å²) in [4.78, 5) is 27.9.